The van der Waals surface area contributed by atoms with E-state index in [-0.39, 0.29) is 6.04 Å². The minimum atomic E-state index is -0.889. The van der Waals surface area contributed by atoms with Crippen LogP contribution in [0.2, 0.25) is 0 Å². The summed E-state index contributed by atoms with van der Waals surface area (Å²) in [6, 6.07) is 5.20. The number of carboxylic acids is 1. The summed E-state index contributed by atoms with van der Waals surface area (Å²) in [6.45, 7) is 0. The summed E-state index contributed by atoms with van der Waals surface area (Å²) in [7, 11) is 0. The molecule has 1 heterocycles. The van der Waals surface area contributed by atoms with Crippen molar-refractivity contribution in [3.05, 3.63) is 29.3 Å². The Hall–Kier alpha value is -1.00. The van der Waals surface area contributed by atoms with Gasteiger partial charge in [-0.2, -0.15) is 0 Å². The van der Waals surface area contributed by atoms with Gasteiger partial charge >= 0.3 is 5.97 Å². The van der Waals surface area contributed by atoms with Gasteiger partial charge in [-0.05, 0) is 29.9 Å². The molecular formula is C10H11NO2S. The number of hydrogen-bond acceptors (Lipinski definition) is 3. The maximum Gasteiger partial charge on any atom is 0.336 e. The van der Waals surface area contributed by atoms with Crippen molar-refractivity contribution in [2.75, 3.05) is 5.75 Å². The Morgan fingerprint density at radius 2 is 2.36 bits per heavy atom. The number of thioether (sulfide) groups is 1. The maximum atomic E-state index is 11.0. The maximum absolute atomic E-state index is 11.0. The average molecular weight is 209 g/mol. The van der Waals surface area contributed by atoms with Gasteiger partial charge in [0.1, 0.15) is 0 Å². The Morgan fingerprint density at radius 3 is 3.07 bits per heavy atom. The number of rotatable bonds is 1. The molecule has 1 aliphatic heterocycles. The van der Waals surface area contributed by atoms with E-state index in [1.807, 2.05) is 6.07 Å². The Balaban J connectivity index is 2.57. The van der Waals surface area contributed by atoms with Gasteiger partial charge in [0, 0.05) is 10.9 Å². The molecule has 1 atom stereocenters. The summed E-state index contributed by atoms with van der Waals surface area (Å²) < 4.78 is 0. The molecule has 0 radical (unpaired) electrons. The van der Waals surface area contributed by atoms with Crippen molar-refractivity contribution in [1.82, 2.24) is 0 Å². The normalized spacial score (nSPS) is 20.2. The van der Waals surface area contributed by atoms with E-state index in [0.29, 0.717) is 5.56 Å². The molecule has 0 unspecified atom stereocenters. The minimum absolute atomic E-state index is 0.126. The molecule has 0 amide bonds. The summed E-state index contributed by atoms with van der Waals surface area (Å²) in [5.41, 5.74) is 7.06. The first-order valence-electron chi connectivity index (χ1n) is 4.44. The van der Waals surface area contributed by atoms with E-state index in [4.69, 9.17) is 10.8 Å². The lowest BCUT2D eigenvalue weighted by atomic mass is 9.98. The van der Waals surface area contributed by atoms with Crippen LogP contribution in [-0.4, -0.2) is 16.8 Å². The van der Waals surface area contributed by atoms with Gasteiger partial charge in [0.2, 0.25) is 0 Å². The zero-order valence-electron chi connectivity index (χ0n) is 7.56. The van der Waals surface area contributed by atoms with E-state index in [1.54, 1.807) is 23.9 Å². The lowest BCUT2D eigenvalue weighted by Crippen LogP contribution is -2.19. The fourth-order valence-corrected chi connectivity index (χ4v) is 2.86. The smallest absolute Gasteiger partial charge is 0.336 e. The molecule has 0 fully saturated rings. The molecular weight excluding hydrogens is 198 g/mol. The second-order valence-corrected chi connectivity index (χ2v) is 4.40. The molecule has 14 heavy (non-hydrogen) atoms. The van der Waals surface area contributed by atoms with Crippen LogP contribution < -0.4 is 5.73 Å². The first kappa shape index (κ1) is 9.55. The third-order valence-corrected chi connectivity index (χ3v) is 3.46. The van der Waals surface area contributed by atoms with Crippen LogP contribution in [0.3, 0.4) is 0 Å². The second-order valence-electron chi connectivity index (χ2n) is 3.27. The van der Waals surface area contributed by atoms with Crippen LogP contribution in [0, 0.1) is 0 Å². The SMILES string of the molecule is N[C@@H]1CCSc2cccc(C(=O)O)c21. The fourth-order valence-electron chi connectivity index (χ4n) is 1.68. The summed E-state index contributed by atoms with van der Waals surface area (Å²) in [5.74, 6) is 0.0804. The molecule has 1 aliphatic rings. The number of fused-ring (bicyclic) bond motifs is 1. The Morgan fingerprint density at radius 1 is 1.57 bits per heavy atom. The average Bonchev–Trinajstić information content (AvgIpc) is 2.17. The molecule has 3 N–H and O–H groups in total. The Labute approximate surface area is 86.3 Å². The molecule has 3 nitrogen and oxygen atoms in total. The number of nitrogens with two attached hydrogens (primary N) is 1. The predicted octanol–water partition coefficient (Wildman–Crippen LogP) is 1.88. The first-order chi connectivity index (χ1) is 6.70. The molecule has 0 bridgehead atoms. The van der Waals surface area contributed by atoms with Crippen molar-refractivity contribution < 1.29 is 9.90 Å². The van der Waals surface area contributed by atoms with Crippen molar-refractivity contribution in [2.45, 2.75) is 17.4 Å². The van der Waals surface area contributed by atoms with E-state index >= 15 is 0 Å². The molecule has 0 saturated heterocycles. The molecule has 1 aromatic rings. The van der Waals surface area contributed by atoms with Gasteiger partial charge in [-0.3, -0.25) is 0 Å². The van der Waals surface area contributed by atoms with Crippen LogP contribution >= 0.6 is 11.8 Å². The highest BCUT2D eigenvalue weighted by Gasteiger charge is 2.23. The number of benzene rings is 1. The van der Waals surface area contributed by atoms with Crippen LogP contribution in [0.5, 0.6) is 0 Å². The van der Waals surface area contributed by atoms with Crippen molar-refractivity contribution in [3.63, 3.8) is 0 Å². The van der Waals surface area contributed by atoms with Gasteiger partial charge in [-0.25, -0.2) is 4.79 Å². The van der Waals surface area contributed by atoms with Crippen LogP contribution in [0.4, 0.5) is 0 Å². The summed E-state index contributed by atoms with van der Waals surface area (Å²) in [4.78, 5) is 12.0. The van der Waals surface area contributed by atoms with Crippen LogP contribution in [-0.2, 0) is 0 Å². The quantitative estimate of drug-likeness (QED) is 0.741. The van der Waals surface area contributed by atoms with Gasteiger partial charge in [0.15, 0.2) is 0 Å². The number of carboxylic acid groups (broad SMARTS) is 1. The van der Waals surface area contributed by atoms with Gasteiger partial charge in [-0.15, -0.1) is 11.8 Å². The van der Waals surface area contributed by atoms with Gasteiger partial charge in [0.25, 0.3) is 0 Å². The molecule has 0 aromatic heterocycles. The van der Waals surface area contributed by atoms with Crippen LogP contribution in [0.25, 0.3) is 0 Å². The summed E-state index contributed by atoms with van der Waals surface area (Å²) in [5, 5.41) is 8.99. The van der Waals surface area contributed by atoms with Gasteiger partial charge < -0.3 is 10.8 Å². The second kappa shape index (κ2) is 3.63. The Kier molecular flexibility index (Phi) is 2.48. The molecule has 4 heteroatoms. The fraction of sp³-hybridized carbons (Fsp3) is 0.300. The molecule has 2 rings (SSSR count). The molecule has 74 valence electrons. The lowest BCUT2D eigenvalue weighted by molar-refractivity contribution is 0.0694. The van der Waals surface area contributed by atoms with Crippen molar-refractivity contribution in [2.24, 2.45) is 5.73 Å². The number of hydrogen-bond donors (Lipinski definition) is 2. The first-order valence-corrected chi connectivity index (χ1v) is 5.43. The third kappa shape index (κ3) is 1.51. The monoisotopic (exact) mass is 209 g/mol. The third-order valence-electron chi connectivity index (χ3n) is 2.35. The lowest BCUT2D eigenvalue weighted by Gasteiger charge is -2.23. The van der Waals surface area contributed by atoms with E-state index in [9.17, 15) is 4.79 Å². The topological polar surface area (TPSA) is 63.3 Å². The zero-order chi connectivity index (χ0) is 10.1. The van der Waals surface area contributed by atoms with Crippen molar-refractivity contribution in [3.8, 4) is 0 Å². The van der Waals surface area contributed by atoms with Gasteiger partial charge in [-0.1, -0.05) is 6.07 Å². The highest BCUT2D eigenvalue weighted by atomic mass is 32.2. The molecule has 0 aliphatic carbocycles. The van der Waals surface area contributed by atoms with Crippen molar-refractivity contribution >= 4 is 17.7 Å². The van der Waals surface area contributed by atoms with Crippen molar-refractivity contribution in [1.29, 1.82) is 0 Å². The highest BCUT2D eigenvalue weighted by Crippen LogP contribution is 2.36. The summed E-state index contributed by atoms with van der Waals surface area (Å²) >= 11 is 1.68. The number of aromatic carboxylic acids is 1. The summed E-state index contributed by atoms with van der Waals surface area (Å²) in [6.07, 6.45) is 0.849. The predicted molar refractivity (Wildman–Crippen MR) is 55.7 cm³/mol. The Bertz CT molecular complexity index is 378. The zero-order valence-corrected chi connectivity index (χ0v) is 8.38. The van der Waals surface area contributed by atoms with Crippen LogP contribution in [0.15, 0.2) is 23.1 Å². The number of carbonyl (C=O) groups is 1. The van der Waals surface area contributed by atoms with Crippen LogP contribution in [0.1, 0.15) is 28.4 Å². The van der Waals surface area contributed by atoms with E-state index in [2.05, 4.69) is 0 Å². The van der Waals surface area contributed by atoms with E-state index in [0.717, 1.165) is 22.6 Å². The van der Waals surface area contributed by atoms with Gasteiger partial charge in [0.05, 0.1) is 5.56 Å². The van der Waals surface area contributed by atoms with E-state index in [1.165, 1.54) is 0 Å². The molecule has 1 aromatic carbocycles. The van der Waals surface area contributed by atoms with E-state index < -0.39 is 5.97 Å². The minimum Gasteiger partial charge on any atom is -0.478 e. The standard InChI is InChI=1S/C10H11NO2S/c11-7-4-5-14-8-3-1-2-6(9(7)8)10(12)13/h1-3,7H,4-5,11H2,(H,12,13)/t7-/m1/s1. The largest absolute Gasteiger partial charge is 0.478 e. The molecule has 0 saturated carbocycles. The highest BCUT2D eigenvalue weighted by molar-refractivity contribution is 7.99. The molecule has 0 spiro atoms.